The van der Waals surface area contributed by atoms with E-state index in [0.29, 0.717) is 0 Å². The molecule has 1 N–H and O–H groups in total. The molecule has 0 aromatic carbocycles. The normalized spacial score (nSPS) is 19.9. The van der Waals surface area contributed by atoms with Gasteiger partial charge in [0.1, 0.15) is 0 Å². The van der Waals surface area contributed by atoms with Gasteiger partial charge in [0.15, 0.2) is 0 Å². The molecule has 2 nitrogen and oxygen atoms in total. The van der Waals surface area contributed by atoms with Crippen LogP contribution in [0.4, 0.5) is 0 Å². The molecule has 0 aromatic rings. The first-order valence-electron chi connectivity index (χ1n) is 3.89. The summed E-state index contributed by atoms with van der Waals surface area (Å²) in [5.74, 6) is 0. The summed E-state index contributed by atoms with van der Waals surface area (Å²) in [4.78, 5) is 4.25. The van der Waals surface area contributed by atoms with E-state index < -0.39 is 0 Å². The van der Waals surface area contributed by atoms with E-state index in [1.807, 2.05) is 13.1 Å². The molecule has 0 bridgehead atoms. The Kier molecular flexibility index (Phi) is 4.06. The molecular formula is C9H11KN2. The number of rotatable bonds is 0. The number of hydrogen-bond donors (Lipinski definition) is 1. The van der Waals surface area contributed by atoms with Gasteiger partial charge in [-0.15, -0.1) is 0 Å². The third kappa shape index (κ3) is 2.23. The standard InChI is InChI=1S/C9H11N2.K/c1-7-2-3-8-4-5-10-9(8)6-11-7;/h2-3,6,10H,4-5H2,1H3;/q-1;+1. The average molecular weight is 186 g/mol. The van der Waals surface area contributed by atoms with E-state index >= 15 is 0 Å². The number of allylic oxidation sites excluding steroid dienone is 2. The van der Waals surface area contributed by atoms with Crippen molar-refractivity contribution in [3.63, 3.8) is 0 Å². The molecule has 58 valence electrons. The van der Waals surface area contributed by atoms with Crippen LogP contribution in [0, 0.1) is 6.04 Å². The molecule has 2 heterocycles. The molecule has 0 fully saturated rings. The molecule has 0 aliphatic carbocycles. The van der Waals surface area contributed by atoms with Crippen LogP contribution in [0.25, 0.3) is 0 Å². The summed E-state index contributed by atoms with van der Waals surface area (Å²) in [7, 11) is 0. The van der Waals surface area contributed by atoms with E-state index in [1.165, 1.54) is 11.3 Å². The Bertz CT molecular complexity index is 229. The predicted octanol–water partition coefficient (Wildman–Crippen LogP) is -1.57. The first-order chi connectivity index (χ1) is 5.36. The fraction of sp³-hybridized carbons (Fsp3) is 0.333. The summed E-state index contributed by atoms with van der Waals surface area (Å²) in [6, 6.07) is 1.07. The minimum Gasteiger partial charge on any atom is -0.394 e. The maximum absolute atomic E-state index is 4.25. The number of nitrogens with zero attached hydrogens (tertiary/aromatic N) is 1. The smallest absolute Gasteiger partial charge is 0.394 e. The van der Waals surface area contributed by atoms with Crippen LogP contribution >= 0.6 is 0 Å². The van der Waals surface area contributed by atoms with Crippen LogP contribution < -0.4 is 56.7 Å². The molecule has 0 amide bonds. The Morgan fingerprint density at radius 2 is 2.42 bits per heavy atom. The van der Waals surface area contributed by atoms with Gasteiger partial charge in [0.25, 0.3) is 0 Å². The van der Waals surface area contributed by atoms with Crippen LogP contribution in [0.5, 0.6) is 0 Å². The fourth-order valence-electron chi connectivity index (χ4n) is 1.31. The third-order valence-electron chi connectivity index (χ3n) is 1.98. The topological polar surface area (TPSA) is 24.4 Å². The maximum Gasteiger partial charge on any atom is 1.00 e. The molecule has 0 aromatic heterocycles. The van der Waals surface area contributed by atoms with Crippen LogP contribution in [0.15, 0.2) is 28.4 Å². The van der Waals surface area contributed by atoms with Gasteiger partial charge < -0.3 is 10.3 Å². The fourth-order valence-corrected chi connectivity index (χ4v) is 1.31. The minimum atomic E-state index is 0. The quantitative estimate of drug-likeness (QED) is 0.359. The van der Waals surface area contributed by atoms with Gasteiger partial charge in [-0.2, -0.15) is 12.2 Å². The summed E-state index contributed by atoms with van der Waals surface area (Å²) < 4.78 is 0. The second kappa shape index (κ2) is 4.63. The molecule has 2 aliphatic rings. The molecule has 0 radical (unpaired) electrons. The third-order valence-corrected chi connectivity index (χ3v) is 1.98. The van der Waals surface area contributed by atoms with E-state index in [9.17, 15) is 0 Å². The molecule has 3 heteroatoms. The maximum atomic E-state index is 4.25. The van der Waals surface area contributed by atoms with Gasteiger partial charge in [-0.25, -0.2) is 0 Å². The van der Waals surface area contributed by atoms with Gasteiger partial charge in [0.2, 0.25) is 0 Å². The number of hydrogen-bond acceptors (Lipinski definition) is 2. The molecule has 0 saturated heterocycles. The van der Waals surface area contributed by atoms with Crippen LogP contribution in [-0.4, -0.2) is 12.8 Å². The Labute approximate surface area is 116 Å². The van der Waals surface area contributed by atoms with Gasteiger partial charge in [-0.1, -0.05) is 24.8 Å². The van der Waals surface area contributed by atoms with Crippen molar-refractivity contribution < 1.29 is 51.4 Å². The van der Waals surface area contributed by atoms with Gasteiger partial charge >= 0.3 is 51.4 Å². The average Bonchev–Trinajstić information content (AvgIpc) is 2.38. The second-order valence-corrected chi connectivity index (χ2v) is 2.85. The zero-order valence-electron chi connectivity index (χ0n) is 7.59. The Balaban J connectivity index is 0.000000720. The van der Waals surface area contributed by atoms with Gasteiger partial charge in [-0.3, -0.25) is 0 Å². The molecule has 2 rings (SSSR count). The van der Waals surface area contributed by atoms with E-state index in [1.54, 1.807) is 0 Å². The zero-order chi connectivity index (χ0) is 7.68. The Hall–Kier alpha value is 0.456. The van der Waals surface area contributed by atoms with Crippen LogP contribution in [0.3, 0.4) is 0 Å². The van der Waals surface area contributed by atoms with Gasteiger partial charge in [0.05, 0.1) is 0 Å². The van der Waals surface area contributed by atoms with Crippen molar-refractivity contribution in [2.24, 2.45) is 4.99 Å². The van der Waals surface area contributed by atoms with Crippen molar-refractivity contribution in [3.8, 4) is 0 Å². The van der Waals surface area contributed by atoms with Crippen molar-refractivity contribution in [1.82, 2.24) is 5.32 Å². The molecule has 0 spiro atoms. The second-order valence-electron chi connectivity index (χ2n) is 2.85. The van der Waals surface area contributed by atoms with Gasteiger partial charge in [-0.05, 0) is 12.1 Å². The SMILES string of the molecule is C[C-]1C=CC2=C(C=N1)NCC2.[K+]. The van der Waals surface area contributed by atoms with Crippen LogP contribution in [0.2, 0.25) is 0 Å². The summed E-state index contributed by atoms with van der Waals surface area (Å²) in [5.41, 5.74) is 2.57. The Morgan fingerprint density at radius 1 is 1.58 bits per heavy atom. The van der Waals surface area contributed by atoms with Crippen molar-refractivity contribution in [3.05, 3.63) is 29.5 Å². The molecular weight excluding hydrogens is 175 g/mol. The van der Waals surface area contributed by atoms with E-state index in [-0.39, 0.29) is 51.4 Å². The van der Waals surface area contributed by atoms with Gasteiger partial charge in [0, 0.05) is 6.54 Å². The van der Waals surface area contributed by atoms with E-state index in [0.717, 1.165) is 19.0 Å². The molecule has 0 unspecified atom stereocenters. The van der Waals surface area contributed by atoms with Crippen molar-refractivity contribution in [1.29, 1.82) is 0 Å². The Morgan fingerprint density at radius 3 is 3.25 bits per heavy atom. The molecule has 2 aliphatic heterocycles. The molecule has 0 atom stereocenters. The molecule has 12 heavy (non-hydrogen) atoms. The monoisotopic (exact) mass is 186 g/mol. The van der Waals surface area contributed by atoms with E-state index in [4.69, 9.17) is 0 Å². The first-order valence-corrected chi connectivity index (χ1v) is 3.89. The largest absolute Gasteiger partial charge is 1.00 e. The summed E-state index contributed by atoms with van der Waals surface area (Å²) in [6.07, 6.45) is 7.26. The van der Waals surface area contributed by atoms with Crippen LogP contribution in [0.1, 0.15) is 13.3 Å². The summed E-state index contributed by atoms with van der Waals surface area (Å²) in [5, 5.41) is 3.28. The summed E-state index contributed by atoms with van der Waals surface area (Å²) >= 11 is 0. The van der Waals surface area contributed by atoms with Crippen LogP contribution in [-0.2, 0) is 0 Å². The molecule has 0 saturated carbocycles. The van der Waals surface area contributed by atoms with E-state index in [2.05, 4.69) is 22.5 Å². The van der Waals surface area contributed by atoms with Crippen molar-refractivity contribution in [2.75, 3.05) is 6.54 Å². The minimum absolute atomic E-state index is 0. The first kappa shape index (κ1) is 10.5. The number of nitrogens with one attached hydrogen (secondary N) is 1. The number of aliphatic imine (C=N–C) groups is 1. The zero-order valence-corrected chi connectivity index (χ0v) is 10.7. The summed E-state index contributed by atoms with van der Waals surface area (Å²) in [6.45, 7) is 3.06. The predicted molar refractivity (Wildman–Crippen MR) is 46.2 cm³/mol. The van der Waals surface area contributed by atoms with Crippen molar-refractivity contribution in [2.45, 2.75) is 13.3 Å². The van der Waals surface area contributed by atoms with Crippen molar-refractivity contribution >= 4 is 6.21 Å².